The van der Waals surface area contributed by atoms with Gasteiger partial charge >= 0.3 is 12.2 Å². The monoisotopic (exact) mass is 246 g/mol. The average molecular weight is 246 g/mol. The fraction of sp³-hybridized carbons (Fsp3) is 0.818. The number of ether oxygens (including phenoxy) is 4. The molecule has 6 nitrogen and oxygen atoms in total. The molecule has 6 heteroatoms. The van der Waals surface area contributed by atoms with Crippen LogP contribution in [0.5, 0.6) is 0 Å². The minimum atomic E-state index is -0.210. The molecule has 100 valence electrons. The molecule has 0 radical (unpaired) electrons. The molecule has 0 rings (SSSR count). The van der Waals surface area contributed by atoms with Crippen LogP contribution in [-0.4, -0.2) is 37.6 Å². The molecule has 0 spiro atoms. The zero-order valence-electron chi connectivity index (χ0n) is 10.9. The maximum absolute atomic E-state index is 7.32. The second-order valence-electron chi connectivity index (χ2n) is 3.53. The Kier molecular flexibility index (Phi) is 7.92. The van der Waals surface area contributed by atoms with Gasteiger partial charge in [-0.05, 0) is 27.7 Å². The summed E-state index contributed by atoms with van der Waals surface area (Å²) in [6.07, 6.45) is -0.249. The molecule has 0 heterocycles. The highest BCUT2D eigenvalue weighted by atomic mass is 16.7. The lowest BCUT2D eigenvalue weighted by Gasteiger charge is -2.19. The van der Waals surface area contributed by atoms with E-state index < -0.39 is 0 Å². The zero-order chi connectivity index (χ0) is 13.3. The lowest BCUT2D eigenvalue weighted by Crippen LogP contribution is -2.24. The van der Waals surface area contributed by atoms with Crippen molar-refractivity contribution in [3.05, 3.63) is 0 Å². The molecule has 0 aromatic rings. The van der Waals surface area contributed by atoms with Gasteiger partial charge in [0.15, 0.2) is 0 Å². The smallest absolute Gasteiger partial charge is 0.380 e. The predicted octanol–water partition coefficient (Wildman–Crippen LogP) is 2.13. The lowest BCUT2D eigenvalue weighted by molar-refractivity contribution is 0.0587. The molecule has 0 bridgehead atoms. The van der Waals surface area contributed by atoms with Gasteiger partial charge in [0.1, 0.15) is 12.2 Å². The van der Waals surface area contributed by atoms with Crippen LogP contribution >= 0.6 is 0 Å². The Hall–Kier alpha value is -1.46. The molecular formula is C11H22N2O4. The Labute approximate surface area is 102 Å². The van der Waals surface area contributed by atoms with Crippen LogP contribution in [0.4, 0.5) is 0 Å². The van der Waals surface area contributed by atoms with E-state index in [0.29, 0.717) is 19.6 Å². The normalized spacial score (nSPS) is 13.4. The zero-order valence-corrected chi connectivity index (χ0v) is 10.9. The summed E-state index contributed by atoms with van der Waals surface area (Å²) in [5, 5.41) is 14.6. The first-order valence-corrected chi connectivity index (χ1v) is 5.75. The maximum atomic E-state index is 7.32. The van der Waals surface area contributed by atoms with Gasteiger partial charge in [0.2, 0.25) is 0 Å². The summed E-state index contributed by atoms with van der Waals surface area (Å²) in [4.78, 5) is 0. The van der Waals surface area contributed by atoms with Crippen LogP contribution in [0.1, 0.15) is 34.1 Å². The molecule has 0 saturated carbocycles. The van der Waals surface area contributed by atoms with E-state index in [1.807, 2.05) is 13.8 Å². The summed E-state index contributed by atoms with van der Waals surface area (Å²) in [6.45, 7) is 8.03. The lowest BCUT2D eigenvalue weighted by atomic mass is 10.2. The predicted molar refractivity (Wildman–Crippen MR) is 64.4 cm³/mol. The molecule has 0 aromatic heterocycles. The van der Waals surface area contributed by atoms with Gasteiger partial charge < -0.3 is 18.9 Å². The Balaban J connectivity index is 3.82. The molecule has 2 unspecified atom stereocenters. The molecule has 0 amide bonds. The second kappa shape index (κ2) is 8.66. The van der Waals surface area contributed by atoms with Gasteiger partial charge in [-0.25, -0.2) is 10.8 Å². The SMILES string of the molecule is CCOC(=N)OC(C)CC(C)OC(=N)OCC. The van der Waals surface area contributed by atoms with E-state index >= 15 is 0 Å². The minimum absolute atomic E-state index is 0.188. The van der Waals surface area contributed by atoms with E-state index in [4.69, 9.17) is 29.8 Å². The quantitative estimate of drug-likeness (QED) is 0.555. The van der Waals surface area contributed by atoms with Crippen LogP contribution in [0, 0.1) is 10.8 Å². The topological polar surface area (TPSA) is 84.6 Å². The summed E-state index contributed by atoms with van der Waals surface area (Å²) < 4.78 is 20.1. The largest absolute Gasteiger partial charge is 0.451 e. The fourth-order valence-electron chi connectivity index (χ4n) is 1.26. The molecule has 0 fully saturated rings. The first kappa shape index (κ1) is 15.5. The van der Waals surface area contributed by atoms with Crippen LogP contribution in [0.15, 0.2) is 0 Å². The molecule has 0 aliphatic rings. The number of rotatable bonds is 6. The van der Waals surface area contributed by atoms with Crippen molar-refractivity contribution >= 4 is 12.2 Å². The van der Waals surface area contributed by atoms with Crippen molar-refractivity contribution in [3.8, 4) is 0 Å². The highest BCUT2D eigenvalue weighted by molar-refractivity contribution is 5.63. The van der Waals surface area contributed by atoms with E-state index in [2.05, 4.69) is 0 Å². The average Bonchev–Trinajstić information content (AvgIpc) is 2.16. The molecule has 0 aliphatic heterocycles. The van der Waals surface area contributed by atoms with Crippen molar-refractivity contribution in [1.82, 2.24) is 0 Å². The molecule has 0 aromatic carbocycles. The maximum Gasteiger partial charge on any atom is 0.380 e. The van der Waals surface area contributed by atoms with Crippen molar-refractivity contribution in [3.63, 3.8) is 0 Å². The molecule has 0 aliphatic carbocycles. The van der Waals surface area contributed by atoms with Crippen LogP contribution in [0.25, 0.3) is 0 Å². The van der Waals surface area contributed by atoms with E-state index in [-0.39, 0.29) is 24.4 Å². The highest BCUT2D eigenvalue weighted by Gasteiger charge is 2.14. The second-order valence-corrected chi connectivity index (χ2v) is 3.53. The minimum Gasteiger partial charge on any atom is -0.451 e. The summed E-state index contributed by atoms with van der Waals surface area (Å²) >= 11 is 0. The van der Waals surface area contributed by atoms with Gasteiger partial charge in [0, 0.05) is 6.42 Å². The Morgan fingerprint density at radius 1 is 0.882 bits per heavy atom. The molecule has 0 saturated heterocycles. The number of hydrogen-bond acceptors (Lipinski definition) is 6. The molecule has 2 N–H and O–H groups in total. The highest BCUT2D eigenvalue weighted by Crippen LogP contribution is 2.07. The first-order valence-electron chi connectivity index (χ1n) is 5.75. The van der Waals surface area contributed by atoms with E-state index in [9.17, 15) is 0 Å². The van der Waals surface area contributed by atoms with Crippen molar-refractivity contribution in [2.75, 3.05) is 13.2 Å². The van der Waals surface area contributed by atoms with E-state index in [0.717, 1.165) is 0 Å². The summed E-state index contributed by atoms with van der Waals surface area (Å²) in [5.41, 5.74) is 0. The third-order valence-corrected chi connectivity index (χ3v) is 1.83. The molecular weight excluding hydrogens is 224 g/mol. The van der Waals surface area contributed by atoms with Crippen LogP contribution in [-0.2, 0) is 18.9 Å². The number of nitrogens with one attached hydrogen (secondary N) is 2. The van der Waals surface area contributed by atoms with Crippen molar-refractivity contribution in [2.45, 2.75) is 46.3 Å². The Morgan fingerprint density at radius 3 is 1.53 bits per heavy atom. The summed E-state index contributed by atoms with van der Waals surface area (Å²) in [5.74, 6) is 0. The fourth-order valence-corrected chi connectivity index (χ4v) is 1.26. The Morgan fingerprint density at radius 2 is 1.24 bits per heavy atom. The third kappa shape index (κ3) is 8.36. The Bertz CT molecular complexity index is 222. The van der Waals surface area contributed by atoms with Gasteiger partial charge in [-0.3, -0.25) is 0 Å². The van der Waals surface area contributed by atoms with E-state index in [1.54, 1.807) is 13.8 Å². The van der Waals surface area contributed by atoms with Crippen molar-refractivity contribution < 1.29 is 18.9 Å². The van der Waals surface area contributed by atoms with Gasteiger partial charge in [0.05, 0.1) is 13.2 Å². The van der Waals surface area contributed by atoms with Gasteiger partial charge in [-0.1, -0.05) is 0 Å². The molecule has 17 heavy (non-hydrogen) atoms. The van der Waals surface area contributed by atoms with Crippen LogP contribution < -0.4 is 0 Å². The van der Waals surface area contributed by atoms with E-state index in [1.165, 1.54) is 0 Å². The van der Waals surface area contributed by atoms with Gasteiger partial charge in [-0.15, -0.1) is 0 Å². The van der Waals surface area contributed by atoms with Gasteiger partial charge in [0.25, 0.3) is 0 Å². The standard InChI is InChI=1S/C11H22N2O4/c1-5-14-10(12)16-8(3)7-9(4)17-11(13)15-6-2/h8-9,12-13H,5-7H2,1-4H3. The third-order valence-electron chi connectivity index (χ3n) is 1.83. The van der Waals surface area contributed by atoms with Crippen LogP contribution in [0.3, 0.4) is 0 Å². The van der Waals surface area contributed by atoms with Crippen LogP contribution in [0.2, 0.25) is 0 Å². The summed E-state index contributed by atoms with van der Waals surface area (Å²) in [6, 6.07) is 0. The first-order chi connectivity index (χ1) is 7.99. The van der Waals surface area contributed by atoms with Crippen molar-refractivity contribution in [2.24, 2.45) is 0 Å². The van der Waals surface area contributed by atoms with Gasteiger partial charge in [-0.2, -0.15) is 0 Å². The molecule has 2 atom stereocenters. The van der Waals surface area contributed by atoms with Crippen molar-refractivity contribution in [1.29, 1.82) is 10.8 Å². The number of hydrogen-bond donors (Lipinski definition) is 2. The summed E-state index contributed by atoms with van der Waals surface area (Å²) in [7, 11) is 0.